The summed E-state index contributed by atoms with van der Waals surface area (Å²) >= 11 is 0. The number of nitrogens with one attached hydrogen (secondary N) is 1. The van der Waals surface area contributed by atoms with Crippen molar-refractivity contribution >= 4 is 33.7 Å². The molecule has 0 bridgehead atoms. The molecule has 10 heteroatoms. The van der Waals surface area contributed by atoms with E-state index in [1.807, 2.05) is 6.92 Å². The van der Waals surface area contributed by atoms with Gasteiger partial charge in [-0.25, -0.2) is 17.5 Å². The zero-order valence-corrected chi connectivity index (χ0v) is 20.1. The van der Waals surface area contributed by atoms with Gasteiger partial charge in [0.05, 0.1) is 18.6 Å². The molecule has 2 rings (SSSR count). The summed E-state index contributed by atoms with van der Waals surface area (Å²) in [6.45, 7) is 3.49. The maximum atomic E-state index is 12.4. The highest BCUT2D eigenvalue weighted by atomic mass is 32.2. The molecule has 0 aliphatic heterocycles. The predicted octanol–water partition coefficient (Wildman–Crippen LogP) is 2.85. The molecule has 0 aliphatic carbocycles. The zero-order valence-electron chi connectivity index (χ0n) is 19.2. The van der Waals surface area contributed by atoms with E-state index >= 15 is 0 Å². The molecule has 178 valence electrons. The number of ether oxygens (including phenoxy) is 3. The molecule has 2 aromatic rings. The number of hydrogen-bond acceptors (Lipinski definition) is 7. The summed E-state index contributed by atoms with van der Waals surface area (Å²) in [7, 11) is 0.707. The second-order valence-electron chi connectivity index (χ2n) is 7.10. The fraction of sp³-hybridized carbons (Fsp3) is 0.304. The minimum absolute atomic E-state index is 0.0796. The molecule has 0 unspecified atom stereocenters. The molecular weight excluding hydrogens is 448 g/mol. The van der Waals surface area contributed by atoms with Crippen LogP contribution >= 0.6 is 0 Å². The second-order valence-corrected chi connectivity index (χ2v) is 9.22. The van der Waals surface area contributed by atoms with Gasteiger partial charge in [0, 0.05) is 25.9 Å². The molecule has 1 N–H and O–H groups in total. The average Bonchev–Trinajstić information content (AvgIpc) is 2.78. The lowest BCUT2D eigenvalue weighted by Gasteiger charge is -2.15. The highest BCUT2D eigenvalue weighted by Gasteiger charge is 2.20. The Hall–Kier alpha value is -3.37. The summed E-state index contributed by atoms with van der Waals surface area (Å²) < 4.78 is 41.6. The van der Waals surface area contributed by atoms with E-state index in [4.69, 9.17) is 14.2 Å². The number of benzene rings is 2. The van der Waals surface area contributed by atoms with Gasteiger partial charge in [-0.3, -0.25) is 4.79 Å². The van der Waals surface area contributed by atoms with Crippen molar-refractivity contribution in [1.29, 1.82) is 0 Å². The average molecular weight is 477 g/mol. The van der Waals surface area contributed by atoms with Gasteiger partial charge < -0.3 is 19.5 Å². The van der Waals surface area contributed by atoms with Crippen molar-refractivity contribution in [3.63, 3.8) is 0 Å². The third-order valence-corrected chi connectivity index (χ3v) is 6.43. The van der Waals surface area contributed by atoms with Crippen molar-refractivity contribution < 1.29 is 32.2 Å². The van der Waals surface area contributed by atoms with Gasteiger partial charge in [0.15, 0.2) is 18.1 Å². The minimum atomic E-state index is -3.67. The first-order valence-electron chi connectivity index (χ1n) is 10.1. The number of amides is 1. The smallest absolute Gasteiger partial charge is 0.331 e. The molecule has 2 aromatic carbocycles. The number of carbonyl (C=O) groups is 2. The van der Waals surface area contributed by atoms with Crippen molar-refractivity contribution in [3.8, 4) is 11.5 Å². The van der Waals surface area contributed by atoms with Gasteiger partial charge in [0.25, 0.3) is 5.91 Å². The van der Waals surface area contributed by atoms with Gasteiger partial charge in [-0.2, -0.15) is 0 Å². The Labute approximate surface area is 194 Å². The molecule has 1 amide bonds. The number of nitrogens with zero attached hydrogens (tertiary/aromatic N) is 1. The van der Waals surface area contributed by atoms with E-state index in [0.29, 0.717) is 29.2 Å². The van der Waals surface area contributed by atoms with E-state index in [1.165, 1.54) is 39.4 Å². The highest BCUT2D eigenvalue weighted by Crippen LogP contribution is 2.28. The first-order valence-corrected chi connectivity index (χ1v) is 11.5. The number of methoxy groups -OCH3 is 1. The molecule has 9 nitrogen and oxygen atoms in total. The van der Waals surface area contributed by atoms with Gasteiger partial charge in [0.2, 0.25) is 10.0 Å². The quantitative estimate of drug-likeness (QED) is 0.415. The molecule has 0 fully saturated rings. The van der Waals surface area contributed by atoms with E-state index in [1.54, 1.807) is 37.3 Å². The summed E-state index contributed by atoms with van der Waals surface area (Å²) in [5, 5.41) is 2.53. The monoisotopic (exact) mass is 476 g/mol. The van der Waals surface area contributed by atoms with Gasteiger partial charge >= 0.3 is 5.97 Å². The van der Waals surface area contributed by atoms with E-state index in [9.17, 15) is 18.0 Å². The zero-order chi connectivity index (χ0) is 24.6. The van der Waals surface area contributed by atoms with Crippen LogP contribution in [0.3, 0.4) is 0 Å². The highest BCUT2D eigenvalue weighted by molar-refractivity contribution is 7.89. The van der Waals surface area contributed by atoms with Crippen LogP contribution in [0.4, 0.5) is 5.69 Å². The van der Waals surface area contributed by atoms with Crippen molar-refractivity contribution in [2.75, 3.05) is 39.7 Å². The largest absolute Gasteiger partial charge is 0.493 e. The van der Waals surface area contributed by atoms with Gasteiger partial charge in [0.1, 0.15) is 0 Å². The fourth-order valence-electron chi connectivity index (χ4n) is 2.76. The van der Waals surface area contributed by atoms with Crippen molar-refractivity contribution in [2.45, 2.75) is 18.7 Å². The molecule has 0 aromatic heterocycles. The van der Waals surface area contributed by atoms with E-state index in [-0.39, 0.29) is 10.6 Å². The molecule has 0 aliphatic rings. The number of carbonyl (C=O) groups excluding carboxylic acids is 2. The predicted molar refractivity (Wildman–Crippen MR) is 125 cm³/mol. The van der Waals surface area contributed by atoms with Crippen LogP contribution in [0.25, 0.3) is 6.08 Å². The molecule has 0 saturated carbocycles. The Morgan fingerprint density at radius 1 is 1.09 bits per heavy atom. The van der Waals surface area contributed by atoms with Crippen LogP contribution in [0, 0.1) is 6.92 Å². The molecule has 0 radical (unpaired) electrons. The number of anilines is 1. The summed E-state index contributed by atoms with van der Waals surface area (Å²) in [6.07, 6.45) is 2.72. The van der Waals surface area contributed by atoms with Crippen molar-refractivity contribution in [1.82, 2.24) is 4.31 Å². The number of esters is 1. The molecule has 0 atom stereocenters. The second kappa shape index (κ2) is 11.5. The number of hydrogen-bond donors (Lipinski definition) is 1. The Bertz CT molecular complexity index is 1140. The summed E-state index contributed by atoms with van der Waals surface area (Å²) in [5.41, 5.74) is 1.51. The first kappa shape index (κ1) is 25.9. The van der Waals surface area contributed by atoms with E-state index < -0.39 is 28.5 Å². The summed E-state index contributed by atoms with van der Waals surface area (Å²) in [4.78, 5) is 24.2. The SMILES string of the molecule is CCOc1ccc(/C=C/C(=O)OCC(=O)Nc2ccc(C)c(S(=O)(=O)N(C)C)c2)cc1OC. The normalized spacial score (nSPS) is 11.5. The van der Waals surface area contributed by atoms with Gasteiger partial charge in [-0.05, 0) is 55.3 Å². The Kier molecular flexibility index (Phi) is 9.01. The van der Waals surface area contributed by atoms with E-state index in [2.05, 4.69) is 5.32 Å². The Balaban J connectivity index is 1.97. The third kappa shape index (κ3) is 7.06. The van der Waals surface area contributed by atoms with Crippen LogP contribution in [0.2, 0.25) is 0 Å². The lowest BCUT2D eigenvalue weighted by Crippen LogP contribution is -2.24. The van der Waals surface area contributed by atoms with Gasteiger partial charge in [-0.15, -0.1) is 0 Å². The fourth-order valence-corrected chi connectivity index (χ4v) is 3.91. The lowest BCUT2D eigenvalue weighted by atomic mass is 10.2. The van der Waals surface area contributed by atoms with Crippen LogP contribution in [0.15, 0.2) is 47.4 Å². The number of rotatable bonds is 10. The first-order chi connectivity index (χ1) is 15.6. The minimum Gasteiger partial charge on any atom is -0.493 e. The maximum Gasteiger partial charge on any atom is 0.331 e. The summed E-state index contributed by atoms with van der Waals surface area (Å²) in [6, 6.07) is 9.71. The number of sulfonamides is 1. The van der Waals surface area contributed by atoms with Crippen LogP contribution in [-0.4, -0.2) is 59.0 Å². The van der Waals surface area contributed by atoms with Crippen LogP contribution in [0.5, 0.6) is 11.5 Å². The lowest BCUT2D eigenvalue weighted by molar-refractivity contribution is -0.142. The summed E-state index contributed by atoms with van der Waals surface area (Å²) in [5.74, 6) is -0.191. The van der Waals surface area contributed by atoms with Crippen LogP contribution < -0.4 is 14.8 Å². The van der Waals surface area contributed by atoms with Crippen LogP contribution in [-0.2, 0) is 24.3 Å². The van der Waals surface area contributed by atoms with Gasteiger partial charge in [-0.1, -0.05) is 12.1 Å². The molecule has 0 spiro atoms. The van der Waals surface area contributed by atoms with Crippen molar-refractivity contribution in [2.24, 2.45) is 0 Å². The van der Waals surface area contributed by atoms with Crippen LogP contribution in [0.1, 0.15) is 18.1 Å². The molecule has 0 heterocycles. The standard InChI is InChI=1S/C23H28N2O7S/c1-6-31-19-11-8-17(13-20(19)30-5)9-12-23(27)32-15-22(26)24-18-10-7-16(2)21(14-18)33(28,29)25(3)4/h7-14H,6,15H2,1-5H3,(H,24,26)/b12-9+. The molecule has 33 heavy (non-hydrogen) atoms. The molecule has 0 saturated heterocycles. The molecular formula is C23H28N2O7S. The maximum absolute atomic E-state index is 12.4. The topological polar surface area (TPSA) is 111 Å². The third-order valence-electron chi connectivity index (χ3n) is 4.48. The Morgan fingerprint density at radius 2 is 1.82 bits per heavy atom. The Morgan fingerprint density at radius 3 is 2.45 bits per heavy atom. The number of aryl methyl sites for hydroxylation is 1. The van der Waals surface area contributed by atoms with Crippen molar-refractivity contribution in [3.05, 3.63) is 53.6 Å². The van der Waals surface area contributed by atoms with E-state index in [0.717, 1.165) is 4.31 Å².